The molecule has 0 aromatic rings. The lowest BCUT2D eigenvalue weighted by Crippen LogP contribution is -2.35. The summed E-state index contributed by atoms with van der Waals surface area (Å²) in [4.78, 5) is 0. The van der Waals surface area contributed by atoms with E-state index in [-0.39, 0.29) is 7.92 Å². The first-order valence-corrected chi connectivity index (χ1v) is 7.33. The van der Waals surface area contributed by atoms with Gasteiger partial charge in [0.25, 0.3) is 0 Å². The molecular formula is C11H21O2P. The minimum absolute atomic E-state index is 0.0551. The zero-order chi connectivity index (χ0) is 10.8. The molecule has 0 fully saturated rings. The summed E-state index contributed by atoms with van der Waals surface area (Å²) in [5, 5.41) is 0. The van der Waals surface area contributed by atoms with Crippen LogP contribution in [0.25, 0.3) is 0 Å². The van der Waals surface area contributed by atoms with Crippen LogP contribution in [0.2, 0.25) is 0 Å². The van der Waals surface area contributed by atoms with Gasteiger partial charge in [0, 0.05) is 19.9 Å². The Labute approximate surface area is 88.4 Å². The van der Waals surface area contributed by atoms with E-state index in [1.54, 1.807) is 14.2 Å². The maximum absolute atomic E-state index is 5.47. The number of hydrogen-bond acceptors (Lipinski definition) is 2. The van der Waals surface area contributed by atoms with Crippen molar-refractivity contribution in [3.63, 3.8) is 0 Å². The quantitative estimate of drug-likeness (QED) is 0.408. The van der Waals surface area contributed by atoms with Crippen LogP contribution in [0.4, 0.5) is 0 Å². The number of rotatable bonds is 4. The minimum atomic E-state index is -0.506. The predicted molar refractivity (Wildman–Crippen MR) is 62.3 cm³/mol. The highest BCUT2D eigenvalue weighted by atomic mass is 31.1. The molecule has 1 aliphatic rings. The third-order valence-electron chi connectivity index (χ3n) is 3.09. The van der Waals surface area contributed by atoms with Crippen molar-refractivity contribution in [3.05, 3.63) is 11.6 Å². The lowest BCUT2D eigenvalue weighted by atomic mass is 10.1. The van der Waals surface area contributed by atoms with Crippen molar-refractivity contribution in [3.8, 4) is 0 Å². The summed E-state index contributed by atoms with van der Waals surface area (Å²) < 4.78 is 10.9. The molecule has 0 aromatic carbocycles. The Hall–Kier alpha value is 0.0900. The van der Waals surface area contributed by atoms with E-state index in [2.05, 4.69) is 19.4 Å². The minimum Gasteiger partial charge on any atom is -0.350 e. The van der Waals surface area contributed by atoms with E-state index in [0.717, 1.165) is 0 Å². The molecule has 82 valence electrons. The fourth-order valence-corrected chi connectivity index (χ4v) is 3.59. The van der Waals surface area contributed by atoms with Gasteiger partial charge in [0.15, 0.2) is 5.79 Å². The Balaban J connectivity index is 2.85. The van der Waals surface area contributed by atoms with Crippen LogP contribution in [-0.4, -0.2) is 39.0 Å². The maximum Gasteiger partial charge on any atom is 0.187 e. The Morgan fingerprint density at radius 3 is 2.36 bits per heavy atom. The maximum atomic E-state index is 5.47. The Morgan fingerprint density at radius 2 is 1.93 bits per heavy atom. The average molecular weight is 216 g/mol. The van der Waals surface area contributed by atoms with Crippen LogP contribution >= 0.6 is 7.92 Å². The lowest BCUT2D eigenvalue weighted by molar-refractivity contribution is -0.165. The van der Waals surface area contributed by atoms with Crippen LogP contribution in [-0.2, 0) is 9.47 Å². The second-order valence-corrected chi connectivity index (χ2v) is 6.62. The number of hydrogen-bond donors (Lipinski definition) is 0. The molecule has 0 amide bonds. The largest absolute Gasteiger partial charge is 0.350 e. The van der Waals surface area contributed by atoms with Gasteiger partial charge >= 0.3 is 0 Å². The van der Waals surface area contributed by atoms with E-state index >= 15 is 0 Å². The molecule has 0 saturated heterocycles. The van der Waals surface area contributed by atoms with E-state index in [4.69, 9.17) is 9.47 Å². The van der Waals surface area contributed by atoms with Crippen LogP contribution in [0.15, 0.2) is 11.6 Å². The van der Waals surface area contributed by atoms with E-state index < -0.39 is 5.79 Å². The Bertz CT molecular complexity index is 219. The van der Waals surface area contributed by atoms with Crippen LogP contribution in [0.3, 0.4) is 0 Å². The number of methoxy groups -OCH3 is 2. The highest BCUT2D eigenvalue weighted by Crippen LogP contribution is 2.47. The predicted octanol–water partition coefficient (Wildman–Crippen LogP) is 2.83. The molecule has 3 heteroatoms. The molecule has 0 spiro atoms. The SMILES string of the molecule is COC(C)(OC)C1=CCC[C@@H]1P(C)C. The number of ether oxygens (including phenoxy) is 2. The van der Waals surface area contributed by atoms with Gasteiger partial charge in [0.1, 0.15) is 0 Å². The molecule has 0 aliphatic heterocycles. The summed E-state index contributed by atoms with van der Waals surface area (Å²) in [5.41, 5.74) is 2.02. The molecule has 0 saturated carbocycles. The monoisotopic (exact) mass is 216 g/mol. The summed E-state index contributed by atoms with van der Waals surface area (Å²) in [6.07, 6.45) is 4.72. The van der Waals surface area contributed by atoms with Gasteiger partial charge in [0.2, 0.25) is 0 Å². The van der Waals surface area contributed by atoms with E-state index in [0.29, 0.717) is 5.66 Å². The highest BCUT2D eigenvalue weighted by Gasteiger charge is 2.37. The molecule has 0 N–H and O–H groups in total. The van der Waals surface area contributed by atoms with E-state index in [9.17, 15) is 0 Å². The third kappa shape index (κ3) is 2.18. The molecule has 1 atom stereocenters. The van der Waals surface area contributed by atoms with E-state index in [1.807, 2.05) is 6.92 Å². The van der Waals surface area contributed by atoms with Crippen LogP contribution in [0.5, 0.6) is 0 Å². The van der Waals surface area contributed by atoms with Crippen molar-refractivity contribution in [2.24, 2.45) is 0 Å². The average Bonchev–Trinajstić information content (AvgIpc) is 2.65. The summed E-state index contributed by atoms with van der Waals surface area (Å²) in [6.45, 7) is 6.66. The first-order valence-electron chi connectivity index (χ1n) is 5.02. The van der Waals surface area contributed by atoms with Gasteiger partial charge in [-0.1, -0.05) is 6.08 Å². The third-order valence-corrected chi connectivity index (χ3v) is 4.87. The molecule has 1 aliphatic carbocycles. The first kappa shape index (κ1) is 12.2. The molecule has 0 heterocycles. The topological polar surface area (TPSA) is 18.5 Å². The summed E-state index contributed by atoms with van der Waals surface area (Å²) in [6, 6.07) is 0. The molecular weight excluding hydrogens is 195 g/mol. The first-order chi connectivity index (χ1) is 6.55. The van der Waals surface area contributed by atoms with Gasteiger partial charge in [-0.15, -0.1) is 7.92 Å². The molecule has 0 unspecified atom stereocenters. The second kappa shape index (κ2) is 4.74. The summed E-state index contributed by atoms with van der Waals surface area (Å²) >= 11 is 0. The molecule has 2 nitrogen and oxygen atoms in total. The van der Waals surface area contributed by atoms with Crippen molar-refractivity contribution < 1.29 is 9.47 Å². The van der Waals surface area contributed by atoms with Crippen molar-refractivity contribution >= 4 is 7.92 Å². The second-order valence-electron chi connectivity index (χ2n) is 4.07. The summed E-state index contributed by atoms with van der Waals surface area (Å²) in [5.74, 6) is -0.506. The van der Waals surface area contributed by atoms with E-state index in [1.165, 1.54) is 18.4 Å². The van der Waals surface area contributed by atoms with Crippen LogP contribution in [0.1, 0.15) is 19.8 Å². The Morgan fingerprint density at radius 1 is 1.36 bits per heavy atom. The normalized spacial score (nSPS) is 23.0. The van der Waals surface area contributed by atoms with Crippen molar-refractivity contribution in [2.75, 3.05) is 27.5 Å². The van der Waals surface area contributed by atoms with Gasteiger partial charge < -0.3 is 9.47 Å². The molecule has 0 bridgehead atoms. The van der Waals surface area contributed by atoms with Gasteiger partial charge in [-0.25, -0.2) is 0 Å². The van der Waals surface area contributed by atoms with Crippen LogP contribution in [0, 0.1) is 0 Å². The molecule has 14 heavy (non-hydrogen) atoms. The molecule has 0 radical (unpaired) electrons. The molecule has 0 aromatic heterocycles. The standard InChI is InChI=1S/C11H21O2P/c1-11(12-2,13-3)9-7-6-8-10(9)14(4)5/h7,10H,6,8H2,1-5H3/t10-/m0/s1. The highest BCUT2D eigenvalue weighted by molar-refractivity contribution is 7.57. The fourth-order valence-electron chi connectivity index (χ4n) is 2.03. The number of allylic oxidation sites excluding steroid dienone is 1. The lowest BCUT2D eigenvalue weighted by Gasteiger charge is -2.33. The van der Waals surface area contributed by atoms with Crippen LogP contribution < -0.4 is 0 Å². The fraction of sp³-hybridized carbons (Fsp3) is 0.818. The van der Waals surface area contributed by atoms with Crippen molar-refractivity contribution in [2.45, 2.75) is 31.2 Å². The molecule has 1 rings (SSSR count). The van der Waals surface area contributed by atoms with Crippen molar-refractivity contribution in [1.29, 1.82) is 0 Å². The van der Waals surface area contributed by atoms with Crippen molar-refractivity contribution in [1.82, 2.24) is 0 Å². The Kier molecular flexibility index (Phi) is 4.12. The smallest absolute Gasteiger partial charge is 0.187 e. The van der Waals surface area contributed by atoms with Gasteiger partial charge in [-0.2, -0.15) is 0 Å². The zero-order valence-electron chi connectivity index (χ0n) is 9.83. The van der Waals surface area contributed by atoms with Gasteiger partial charge in [-0.05, 0) is 38.7 Å². The zero-order valence-corrected chi connectivity index (χ0v) is 10.7. The van der Waals surface area contributed by atoms with Gasteiger partial charge in [0.05, 0.1) is 0 Å². The summed E-state index contributed by atoms with van der Waals surface area (Å²) in [7, 11) is 3.49. The van der Waals surface area contributed by atoms with Gasteiger partial charge in [-0.3, -0.25) is 0 Å².